The molecule has 0 saturated heterocycles. The van der Waals surface area contributed by atoms with Crippen LogP contribution in [-0.2, 0) is 0 Å². The number of nitrogens with zero attached hydrogens (tertiary/aromatic N) is 1. The van der Waals surface area contributed by atoms with E-state index in [1.165, 1.54) is 18.2 Å². The Bertz CT molecular complexity index is 459. The van der Waals surface area contributed by atoms with Crippen LogP contribution >= 0.6 is 39.9 Å². The van der Waals surface area contributed by atoms with Gasteiger partial charge in [-0.1, -0.05) is 0 Å². The summed E-state index contributed by atoms with van der Waals surface area (Å²) in [5, 5.41) is -3.71. The second-order valence-corrected chi connectivity index (χ2v) is 5.32. The first-order chi connectivity index (χ1) is 7.86. The molecule has 7 heteroatoms. The van der Waals surface area contributed by atoms with Crippen molar-refractivity contribution in [2.45, 2.75) is 22.2 Å². The van der Waals surface area contributed by atoms with Gasteiger partial charge < -0.3 is 0 Å². The van der Waals surface area contributed by atoms with Gasteiger partial charge in [0.05, 0.1) is 10.8 Å². The molecule has 0 aliphatic rings. The van der Waals surface area contributed by atoms with E-state index >= 15 is 0 Å². The number of halogens is 4. The molecule has 0 N–H and O–H groups in total. The van der Waals surface area contributed by atoms with Crippen LogP contribution < -0.4 is 0 Å². The van der Waals surface area contributed by atoms with Crippen LogP contribution in [0.4, 0.5) is 18.9 Å². The Kier molecular flexibility index (Phi) is 5.19. The van der Waals surface area contributed by atoms with Crippen LogP contribution in [0.1, 0.15) is 5.56 Å². The van der Waals surface area contributed by atoms with Gasteiger partial charge in [0.15, 0.2) is 0 Å². The number of thiocarbonyl (C=S) groups is 1. The highest BCUT2D eigenvalue weighted by molar-refractivity contribution is 9.09. The molecular formula is C10H7BrF3NS2. The van der Waals surface area contributed by atoms with Crippen LogP contribution in [0, 0.1) is 6.92 Å². The number of rotatable bonds is 4. The summed E-state index contributed by atoms with van der Waals surface area (Å²) >= 11 is 6.83. The lowest BCUT2D eigenvalue weighted by atomic mass is 10.2. The van der Waals surface area contributed by atoms with Crippen molar-refractivity contribution < 1.29 is 13.2 Å². The highest BCUT2D eigenvalue weighted by Crippen LogP contribution is 2.42. The molecule has 0 radical (unpaired) electrons. The standard InChI is InChI=1S/C10H7BrF3NS2/c1-6-4-7(2-3-8(6)15-5-16)17-10(13,14)9(11)12/h2-4,9H,1H3. The normalized spacial score (nSPS) is 13.0. The van der Waals surface area contributed by atoms with Gasteiger partial charge in [-0.2, -0.15) is 13.8 Å². The van der Waals surface area contributed by atoms with Gasteiger partial charge in [0, 0.05) is 4.90 Å². The van der Waals surface area contributed by atoms with Crippen LogP contribution in [0.25, 0.3) is 0 Å². The minimum Gasteiger partial charge on any atom is -0.227 e. The number of aliphatic imine (C=N–C) groups is 1. The quantitative estimate of drug-likeness (QED) is 0.326. The van der Waals surface area contributed by atoms with Crippen molar-refractivity contribution in [3.8, 4) is 0 Å². The molecule has 0 spiro atoms. The van der Waals surface area contributed by atoms with Crippen molar-refractivity contribution in [2.24, 2.45) is 4.99 Å². The second kappa shape index (κ2) is 6.00. The number of aryl methyl sites for hydroxylation is 1. The lowest BCUT2D eigenvalue weighted by Gasteiger charge is -2.15. The summed E-state index contributed by atoms with van der Waals surface area (Å²) in [5.74, 6) is 0. The van der Waals surface area contributed by atoms with Gasteiger partial charge in [-0.25, -0.2) is 4.39 Å². The molecule has 0 aromatic heterocycles. The fraction of sp³-hybridized carbons (Fsp3) is 0.300. The van der Waals surface area contributed by atoms with Crippen molar-refractivity contribution in [3.05, 3.63) is 23.8 Å². The Morgan fingerprint density at radius 3 is 2.65 bits per heavy atom. The van der Waals surface area contributed by atoms with Crippen molar-refractivity contribution >= 4 is 50.8 Å². The minimum absolute atomic E-state index is 0.152. The van der Waals surface area contributed by atoms with E-state index in [0.717, 1.165) is 0 Å². The second-order valence-electron chi connectivity index (χ2n) is 3.12. The summed E-state index contributed by atoms with van der Waals surface area (Å²) < 4.78 is 38.8. The van der Waals surface area contributed by atoms with E-state index in [1.807, 2.05) is 0 Å². The van der Waals surface area contributed by atoms with E-state index in [4.69, 9.17) is 0 Å². The zero-order valence-corrected chi connectivity index (χ0v) is 11.8. The zero-order chi connectivity index (χ0) is 13.1. The van der Waals surface area contributed by atoms with E-state index in [-0.39, 0.29) is 16.7 Å². The Hall–Kier alpha value is -0.360. The van der Waals surface area contributed by atoms with Gasteiger partial charge in [0.2, 0.25) is 5.08 Å². The molecule has 0 aliphatic heterocycles. The molecule has 1 aromatic carbocycles. The summed E-state index contributed by atoms with van der Waals surface area (Å²) in [4.78, 5) is 4.03. The maximum atomic E-state index is 13.1. The zero-order valence-electron chi connectivity index (χ0n) is 8.58. The maximum Gasteiger partial charge on any atom is 0.338 e. The lowest BCUT2D eigenvalue weighted by Crippen LogP contribution is -2.19. The fourth-order valence-electron chi connectivity index (χ4n) is 1.07. The van der Waals surface area contributed by atoms with E-state index in [9.17, 15) is 13.2 Å². The Balaban J connectivity index is 2.95. The summed E-state index contributed by atoms with van der Waals surface area (Å²) in [5.41, 5.74) is 1.23. The third-order valence-electron chi connectivity index (χ3n) is 1.84. The molecule has 1 rings (SSSR count). The highest BCUT2D eigenvalue weighted by Gasteiger charge is 2.39. The molecule has 1 unspecified atom stereocenters. The number of isothiocyanates is 1. The van der Waals surface area contributed by atoms with Gasteiger partial charge in [-0.3, -0.25) is 0 Å². The first kappa shape index (κ1) is 14.7. The molecule has 0 saturated carbocycles. The van der Waals surface area contributed by atoms with Crippen molar-refractivity contribution in [3.63, 3.8) is 0 Å². The van der Waals surface area contributed by atoms with Crippen LogP contribution in [0.3, 0.4) is 0 Å². The smallest absolute Gasteiger partial charge is 0.227 e. The van der Waals surface area contributed by atoms with E-state index in [0.29, 0.717) is 11.3 Å². The lowest BCUT2D eigenvalue weighted by molar-refractivity contribution is 0.0604. The highest BCUT2D eigenvalue weighted by atomic mass is 79.9. The predicted molar refractivity (Wildman–Crippen MR) is 70.5 cm³/mol. The Morgan fingerprint density at radius 2 is 2.18 bits per heavy atom. The molecule has 0 amide bonds. The average Bonchev–Trinajstić information content (AvgIpc) is 2.21. The number of benzene rings is 1. The largest absolute Gasteiger partial charge is 0.338 e. The summed E-state index contributed by atoms with van der Waals surface area (Å²) in [6, 6.07) is 4.47. The van der Waals surface area contributed by atoms with Gasteiger partial charge >= 0.3 is 5.25 Å². The summed E-state index contributed by atoms with van der Waals surface area (Å²) in [7, 11) is 0. The Labute approximate surface area is 115 Å². The minimum atomic E-state index is -3.51. The van der Waals surface area contributed by atoms with Crippen molar-refractivity contribution in [1.29, 1.82) is 0 Å². The first-order valence-electron chi connectivity index (χ1n) is 4.40. The number of alkyl halides is 4. The topological polar surface area (TPSA) is 12.4 Å². The monoisotopic (exact) mass is 341 g/mol. The molecule has 1 atom stereocenters. The summed E-state index contributed by atoms with van der Waals surface area (Å²) in [6.45, 7) is 1.70. The third-order valence-corrected chi connectivity index (χ3v) is 3.78. The molecule has 0 heterocycles. The Morgan fingerprint density at radius 1 is 1.53 bits per heavy atom. The molecule has 0 bridgehead atoms. The van der Waals surface area contributed by atoms with Gasteiger partial charge in [0.1, 0.15) is 0 Å². The van der Waals surface area contributed by atoms with Gasteiger partial charge in [-0.05, 0) is 70.6 Å². The van der Waals surface area contributed by atoms with E-state index < -0.39 is 10.3 Å². The van der Waals surface area contributed by atoms with E-state index in [2.05, 4.69) is 38.3 Å². The van der Waals surface area contributed by atoms with E-state index in [1.54, 1.807) is 6.92 Å². The molecule has 1 aromatic rings. The molecular weight excluding hydrogens is 335 g/mol. The van der Waals surface area contributed by atoms with Gasteiger partial charge in [0.25, 0.3) is 0 Å². The van der Waals surface area contributed by atoms with Crippen LogP contribution in [0.2, 0.25) is 0 Å². The van der Waals surface area contributed by atoms with Crippen LogP contribution in [-0.4, -0.2) is 15.5 Å². The van der Waals surface area contributed by atoms with Gasteiger partial charge in [-0.15, -0.1) is 0 Å². The fourth-order valence-corrected chi connectivity index (χ4v) is 2.22. The third kappa shape index (κ3) is 4.10. The molecule has 92 valence electrons. The molecule has 1 nitrogen and oxygen atoms in total. The molecule has 17 heavy (non-hydrogen) atoms. The number of hydrogen-bond acceptors (Lipinski definition) is 3. The van der Waals surface area contributed by atoms with Crippen molar-refractivity contribution in [1.82, 2.24) is 0 Å². The van der Waals surface area contributed by atoms with Crippen molar-refractivity contribution in [2.75, 3.05) is 0 Å². The molecule has 0 aliphatic carbocycles. The number of hydrogen-bond donors (Lipinski definition) is 0. The summed E-state index contributed by atoms with van der Waals surface area (Å²) in [6.07, 6.45) is 0. The maximum absolute atomic E-state index is 13.1. The number of thioether (sulfide) groups is 1. The SMILES string of the molecule is Cc1cc(SC(F)(F)C(F)Br)ccc1N=C=S. The van der Waals surface area contributed by atoms with Crippen LogP contribution in [0.5, 0.6) is 0 Å². The molecule has 0 fully saturated rings. The van der Waals surface area contributed by atoms with Crippen LogP contribution in [0.15, 0.2) is 28.1 Å². The predicted octanol–water partition coefficient (Wildman–Crippen LogP) is 5.10. The first-order valence-corrected chi connectivity index (χ1v) is 6.54. The average molecular weight is 342 g/mol.